The Balaban J connectivity index is 0.00000242. The summed E-state index contributed by atoms with van der Waals surface area (Å²) in [5.41, 5.74) is 8.13. The van der Waals surface area contributed by atoms with E-state index in [1.165, 1.54) is 5.56 Å². The van der Waals surface area contributed by atoms with Crippen LogP contribution >= 0.6 is 12.4 Å². The maximum Gasteiger partial charge on any atom is 0.253 e. The third-order valence-corrected chi connectivity index (χ3v) is 3.46. The van der Waals surface area contributed by atoms with E-state index in [0.717, 1.165) is 6.42 Å². The molecule has 4 heteroatoms. The van der Waals surface area contributed by atoms with Crippen LogP contribution in [-0.2, 0) is 6.42 Å². The number of anilines is 1. The molecule has 0 aliphatic rings. The van der Waals surface area contributed by atoms with Crippen molar-refractivity contribution in [2.24, 2.45) is 5.41 Å². The fraction of sp³-hybridized carbons (Fsp3) is 0.278. The second-order valence-corrected chi connectivity index (χ2v) is 6.10. The number of hydrogen-bond acceptors (Lipinski definition) is 2. The largest absolute Gasteiger partial charge is 0.398 e. The molecule has 0 aliphatic heterocycles. The van der Waals surface area contributed by atoms with E-state index in [0.29, 0.717) is 17.8 Å². The summed E-state index contributed by atoms with van der Waals surface area (Å²) in [5, 5.41) is 2.98. The Labute approximate surface area is 138 Å². The van der Waals surface area contributed by atoms with Crippen LogP contribution in [0.15, 0.2) is 54.6 Å². The Bertz CT molecular complexity index is 611. The zero-order chi connectivity index (χ0) is 15.3. The lowest BCUT2D eigenvalue weighted by atomic mass is 9.85. The first kappa shape index (κ1) is 18.1. The smallest absolute Gasteiger partial charge is 0.253 e. The molecule has 3 nitrogen and oxygen atoms in total. The molecule has 0 saturated carbocycles. The molecule has 0 atom stereocenters. The van der Waals surface area contributed by atoms with Gasteiger partial charge in [0.2, 0.25) is 0 Å². The maximum atomic E-state index is 12.2. The standard InChI is InChI=1S/C18H22N2O.ClH/c1-18(2,12-14-8-4-3-5-9-14)13-20-17(21)15-10-6-7-11-16(15)19;/h3-11H,12-13,19H2,1-2H3,(H,20,21);1H. The van der Waals surface area contributed by atoms with Crippen molar-refractivity contribution in [1.82, 2.24) is 5.32 Å². The summed E-state index contributed by atoms with van der Waals surface area (Å²) in [6.45, 7) is 4.90. The molecule has 3 N–H and O–H groups in total. The SMILES string of the molecule is CC(C)(CNC(=O)c1ccccc1N)Cc1ccccc1.Cl. The number of carbonyl (C=O) groups is 1. The molecule has 0 spiro atoms. The zero-order valence-electron chi connectivity index (χ0n) is 13.0. The number of nitrogen functional groups attached to an aromatic ring is 1. The number of halogens is 1. The molecule has 0 unspecified atom stereocenters. The molecule has 0 saturated heterocycles. The second kappa shape index (κ2) is 7.85. The highest BCUT2D eigenvalue weighted by Gasteiger charge is 2.20. The molecule has 118 valence electrons. The van der Waals surface area contributed by atoms with E-state index >= 15 is 0 Å². The molecule has 0 bridgehead atoms. The Hall–Kier alpha value is -2.00. The van der Waals surface area contributed by atoms with E-state index in [1.807, 2.05) is 30.3 Å². The van der Waals surface area contributed by atoms with Crippen molar-refractivity contribution in [3.05, 3.63) is 65.7 Å². The molecule has 2 rings (SSSR count). The molecule has 0 radical (unpaired) electrons. The Kier molecular flexibility index (Phi) is 6.44. The van der Waals surface area contributed by atoms with E-state index in [-0.39, 0.29) is 23.7 Å². The highest BCUT2D eigenvalue weighted by Crippen LogP contribution is 2.21. The van der Waals surface area contributed by atoms with Gasteiger partial charge in [-0.05, 0) is 29.5 Å². The van der Waals surface area contributed by atoms with Crippen LogP contribution in [0.2, 0.25) is 0 Å². The van der Waals surface area contributed by atoms with Gasteiger partial charge in [0.05, 0.1) is 5.56 Å². The highest BCUT2D eigenvalue weighted by atomic mass is 35.5. The number of amides is 1. The zero-order valence-corrected chi connectivity index (χ0v) is 13.8. The molecule has 1 amide bonds. The van der Waals surface area contributed by atoms with E-state index in [2.05, 4.69) is 31.3 Å². The summed E-state index contributed by atoms with van der Waals surface area (Å²) in [6.07, 6.45) is 0.915. The van der Waals surface area contributed by atoms with Crippen LogP contribution in [0, 0.1) is 5.41 Å². The monoisotopic (exact) mass is 318 g/mol. The summed E-state index contributed by atoms with van der Waals surface area (Å²) in [6, 6.07) is 17.4. The van der Waals surface area contributed by atoms with E-state index in [1.54, 1.807) is 12.1 Å². The Morgan fingerprint density at radius 2 is 1.64 bits per heavy atom. The van der Waals surface area contributed by atoms with Gasteiger partial charge in [0.15, 0.2) is 0 Å². The molecule has 22 heavy (non-hydrogen) atoms. The van der Waals surface area contributed by atoms with Gasteiger partial charge in [0.1, 0.15) is 0 Å². The summed E-state index contributed by atoms with van der Waals surface area (Å²) >= 11 is 0. The van der Waals surface area contributed by atoms with Crippen LogP contribution in [-0.4, -0.2) is 12.5 Å². The average Bonchev–Trinajstić information content (AvgIpc) is 2.46. The predicted octanol–water partition coefficient (Wildman–Crippen LogP) is 3.69. The summed E-state index contributed by atoms with van der Waals surface area (Å²) in [4.78, 5) is 12.2. The highest BCUT2D eigenvalue weighted by molar-refractivity contribution is 5.99. The molecule has 0 fully saturated rings. The van der Waals surface area contributed by atoms with Gasteiger partial charge in [-0.25, -0.2) is 0 Å². The normalized spacial score (nSPS) is 10.6. The van der Waals surface area contributed by atoms with Crippen molar-refractivity contribution < 1.29 is 4.79 Å². The molecule has 2 aromatic carbocycles. The van der Waals surface area contributed by atoms with Gasteiger partial charge in [-0.2, -0.15) is 0 Å². The number of para-hydroxylation sites is 1. The minimum atomic E-state index is -0.116. The number of hydrogen-bond donors (Lipinski definition) is 2. The van der Waals surface area contributed by atoms with Gasteiger partial charge in [-0.3, -0.25) is 4.79 Å². The van der Waals surface area contributed by atoms with Crippen molar-refractivity contribution in [1.29, 1.82) is 0 Å². The van der Waals surface area contributed by atoms with Crippen LogP contribution in [0.5, 0.6) is 0 Å². The van der Waals surface area contributed by atoms with Gasteiger partial charge < -0.3 is 11.1 Å². The lowest BCUT2D eigenvalue weighted by Crippen LogP contribution is -2.35. The first-order valence-corrected chi connectivity index (χ1v) is 7.15. The topological polar surface area (TPSA) is 55.1 Å². The third-order valence-electron chi connectivity index (χ3n) is 3.46. The lowest BCUT2D eigenvalue weighted by Gasteiger charge is -2.25. The Morgan fingerprint density at radius 1 is 1.05 bits per heavy atom. The second-order valence-electron chi connectivity index (χ2n) is 6.10. The van der Waals surface area contributed by atoms with Gasteiger partial charge in [-0.15, -0.1) is 12.4 Å². The van der Waals surface area contributed by atoms with Gasteiger partial charge in [0.25, 0.3) is 5.91 Å². The number of carbonyl (C=O) groups excluding carboxylic acids is 1. The maximum absolute atomic E-state index is 12.2. The molecule has 0 heterocycles. The molecular weight excluding hydrogens is 296 g/mol. The fourth-order valence-corrected chi connectivity index (χ4v) is 2.33. The molecule has 2 aromatic rings. The molecule has 0 aliphatic carbocycles. The quantitative estimate of drug-likeness (QED) is 0.826. The fourth-order valence-electron chi connectivity index (χ4n) is 2.33. The number of benzene rings is 2. The van der Waals surface area contributed by atoms with Crippen molar-refractivity contribution in [2.75, 3.05) is 12.3 Å². The van der Waals surface area contributed by atoms with E-state index < -0.39 is 0 Å². The first-order chi connectivity index (χ1) is 9.98. The molecule has 0 aromatic heterocycles. The van der Waals surface area contributed by atoms with Crippen LogP contribution < -0.4 is 11.1 Å². The van der Waals surface area contributed by atoms with E-state index in [4.69, 9.17) is 5.73 Å². The first-order valence-electron chi connectivity index (χ1n) is 7.15. The van der Waals surface area contributed by atoms with Gasteiger partial charge >= 0.3 is 0 Å². The van der Waals surface area contributed by atoms with Crippen LogP contribution in [0.1, 0.15) is 29.8 Å². The minimum absolute atomic E-state index is 0. The van der Waals surface area contributed by atoms with Crippen LogP contribution in [0.25, 0.3) is 0 Å². The van der Waals surface area contributed by atoms with Crippen molar-refractivity contribution in [2.45, 2.75) is 20.3 Å². The lowest BCUT2D eigenvalue weighted by molar-refractivity contribution is 0.0937. The van der Waals surface area contributed by atoms with Crippen molar-refractivity contribution in [3.63, 3.8) is 0 Å². The number of nitrogens with one attached hydrogen (secondary N) is 1. The summed E-state index contributed by atoms with van der Waals surface area (Å²) in [5.74, 6) is -0.116. The third kappa shape index (κ3) is 5.08. The van der Waals surface area contributed by atoms with E-state index in [9.17, 15) is 4.79 Å². The van der Waals surface area contributed by atoms with Crippen molar-refractivity contribution in [3.8, 4) is 0 Å². The van der Waals surface area contributed by atoms with Crippen LogP contribution in [0.4, 0.5) is 5.69 Å². The minimum Gasteiger partial charge on any atom is -0.398 e. The predicted molar refractivity (Wildman–Crippen MR) is 94.4 cm³/mol. The van der Waals surface area contributed by atoms with Crippen molar-refractivity contribution >= 4 is 24.0 Å². The summed E-state index contributed by atoms with van der Waals surface area (Å²) in [7, 11) is 0. The van der Waals surface area contributed by atoms with Crippen LogP contribution in [0.3, 0.4) is 0 Å². The molecular formula is C18H23ClN2O. The van der Waals surface area contributed by atoms with Gasteiger partial charge in [0, 0.05) is 12.2 Å². The number of nitrogens with two attached hydrogens (primary N) is 1. The number of rotatable bonds is 5. The van der Waals surface area contributed by atoms with Gasteiger partial charge in [-0.1, -0.05) is 56.3 Å². The average molecular weight is 319 g/mol. The summed E-state index contributed by atoms with van der Waals surface area (Å²) < 4.78 is 0. The Morgan fingerprint density at radius 3 is 2.27 bits per heavy atom.